The summed E-state index contributed by atoms with van der Waals surface area (Å²) < 4.78 is 44.0. The van der Waals surface area contributed by atoms with Crippen LogP contribution in [0.3, 0.4) is 0 Å². The largest absolute Gasteiger partial charge is 0.394 e. The molecule has 3 saturated heterocycles. The van der Waals surface area contributed by atoms with Gasteiger partial charge < -0.3 is 83.2 Å². The van der Waals surface area contributed by atoms with Gasteiger partial charge in [-0.25, -0.2) is 9.38 Å². The number of likely N-dealkylation sites (N-methyl/N-ethyl adjacent to an activating group) is 1. The lowest BCUT2D eigenvalue weighted by atomic mass is 9.85. The molecule has 4 aliphatic rings. The molecule has 10 unspecified atom stereocenters. The highest BCUT2D eigenvalue weighted by Gasteiger charge is 2.54. The van der Waals surface area contributed by atoms with E-state index in [4.69, 9.17) is 52.4 Å². The van der Waals surface area contributed by atoms with Crippen LogP contribution in [0, 0.1) is 0 Å². The van der Waals surface area contributed by atoms with E-state index in [2.05, 4.69) is 10.3 Å². The van der Waals surface area contributed by atoms with E-state index < -0.39 is 111 Å². The van der Waals surface area contributed by atoms with E-state index in [0.717, 1.165) is 0 Å². The summed E-state index contributed by atoms with van der Waals surface area (Å²) >= 11 is 0. The SMILES string of the molecule is CNC1C(O[C@H]2OC(CO)[C@@H](N=C(N)N)C(O)C2O)O[C@H]2CC(N)[C@@H](O[C@@H]3C(N)C[C@@H](N)C(O)[C@H]3F)OC2C1O. The zero-order valence-electron chi connectivity index (χ0n) is 21.9. The van der Waals surface area contributed by atoms with Crippen molar-refractivity contribution in [3.05, 3.63) is 0 Å². The fourth-order valence-electron chi connectivity index (χ4n) is 5.70. The minimum atomic E-state index is -1.87. The summed E-state index contributed by atoms with van der Waals surface area (Å²) in [6.45, 7) is -0.600. The first-order valence-electron chi connectivity index (χ1n) is 13.1. The monoisotopic (exact) mass is 583 g/mol. The Labute approximate surface area is 229 Å². The summed E-state index contributed by atoms with van der Waals surface area (Å²) in [5.41, 5.74) is 28.8. The molecule has 1 saturated carbocycles. The minimum Gasteiger partial charge on any atom is -0.394 e. The summed E-state index contributed by atoms with van der Waals surface area (Å²) in [6.07, 6.45) is -15.7. The number of fused-ring (bicyclic) bond motifs is 1. The van der Waals surface area contributed by atoms with E-state index in [-0.39, 0.29) is 18.8 Å². The molecule has 0 radical (unpaired) electrons. The van der Waals surface area contributed by atoms with E-state index >= 15 is 0 Å². The van der Waals surface area contributed by atoms with Gasteiger partial charge in [0.25, 0.3) is 0 Å². The van der Waals surface area contributed by atoms with Crippen molar-refractivity contribution in [2.45, 2.75) is 117 Å². The minimum absolute atomic E-state index is 0.0895. The van der Waals surface area contributed by atoms with Crippen LogP contribution >= 0.6 is 0 Å². The molecule has 16 N–H and O–H groups in total. The molecule has 0 spiro atoms. The molecule has 0 amide bonds. The zero-order chi connectivity index (χ0) is 29.5. The number of nitrogens with one attached hydrogen (secondary N) is 1. The van der Waals surface area contributed by atoms with Crippen molar-refractivity contribution >= 4 is 5.96 Å². The second kappa shape index (κ2) is 12.9. The van der Waals surface area contributed by atoms with E-state index in [9.17, 15) is 29.9 Å². The molecule has 4 rings (SSSR count). The Morgan fingerprint density at radius 1 is 0.875 bits per heavy atom. The van der Waals surface area contributed by atoms with Gasteiger partial charge in [-0.3, -0.25) is 0 Å². The quantitative estimate of drug-likeness (QED) is 0.0980. The molecule has 1 aliphatic carbocycles. The second-order valence-electron chi connectivity index (χ2n) is 10.7. The third-order valence-corrected chi connectivity index (χ3v) is 7.90. The van der Waals surface area contributed by atoms with Crippen LogP contribution < -0.4 is 34.0 Å². The molecule has 232 valence electrons. The Morgan fingerprint density at radius 2 is 1.57 bits per heavy atom. The highest BCUT2D eigenvalue weighted by atomic mass is 19.1. The van der Waals surface area contributed by atoms with Crippen LogP contribution in [0.4, 0.5) is 4.39 Å². The second-order valence-corrected chi connectivity index (χ2v) is 10.7. The number of guanidine groups is 1. The number of rotatable bonds is 7. The number of aliphatic imine (C=N–C) groups is 1. The molecule has 4 fully saturated rings. The molecule has 0 bridgehead atoms. The van der Waals surface area contributed by atoms with Gasteiger partial charge in [-0.15, -0.1) is 0 Å². The Kier molecular flexibility index (Phi) is 10.2. The smallest absolute Gasteiger partial charge is 0.189 e. The zero-order valence-corrected chi connectivity index (χ0v) is 21.9. The predicted molar refractivity (Wildman–Crippen MR) is 134 cm³/mol. The van der Waals surface area contributed by atoms with E-state index in [1.54, 1.807) is 0 Å². The maximum absolute atomic E-state index is 14.8. The predicted octanol–water partition coefficient (Wildman–Crippen LogP) is -6.66. The number of nitrogens with two attached hydrogens (primary N) is 5. The normalized spacial score (nSPS) is 51.6. The molecule has 0 aromatic heterocycles. The van der Waals surface area contributed by atoms with Crippen LogP contribution in [0.25, 0.3) is 0 Å². The van der Waals surface area contributed by atoms with Gasteiger partial charge in [-0.05, 0) is 19.9 Å². The molecule has 17 nitrogen and oxygen atoms in total. The average Bonchev–Trinajstić information content (AvgIpc) is 2.90. The van der Waals surface area contributed by atoms with E-state index in [1.165, 1.54) is 7.05 Å². The number of nitrogens with zero attached hydrogens (tertiary/aromatic N) is 1. The van der Waals surface area contributed by atoms with Crippen molar-refractivity contribution in [3.63, 3.8) is 0 Å². The standard InChI is InChI=1S/C22H42FN7O10/c1-29-12-15(34)18-8(3-7(26)19(39-18)38-17-6(25)2-5(24)13(32)10(17)23)36-20(12)40-21-16(35)14(33)11(30-22(27)28)9(4-31)37-21/h5-21,29,31-35H,2-4,24-26H2,1H3,(H4,27,28,30)/t5-,6?,7?,8+,9?,10-,11-,12?,13?,14?,15?,16?,17-,18?,19+,20?,21-/m1/s1. The molecular weight excluding hydrogens is 541 g/mol. The molecule has 17 atom stereocenters. The van der Waals surface area contributed by atoms with Gasteiger partial charge in [0.1, 0.15) is 48.8 Å². The summed E-state index contributed by atoms with van der Waals surface area (Å²) in [7, 11) is 1.52. The van der Waals surface area contributed by atoms with Gasteiger partial charge in [-0.2, -0.15) is 0 Å². The van der Waals surface area contributed by atoms with Gasteiger partial charge in [0.2, 0.25) is 0 Å². The van der Waals surface area contributed by atoms with Gasteiger partial charge in [0.05, 0.1) is 24.8 Å². The Bertz CT molecular complexity index is 876. The van der Waals surface area contributed by atoms with Crippen molar-refractivity contribution < 1.29 is 53.6 Å². The number of ether oxygens (including phenoxy) is 5. The van der Waals surface area contributed by atoms with E-state index in [0.29, 0.717) is 0 Å². The average molecular weight is 584 g/mol. The number of aliphatic hydroxyl groups excluding tert-OH is 5. The van der Waals surface area contributed by atoms with Gasteiger partial charge >= 0.3 is 0 Å². The molecule has 0 aromatic carbocycles. The first kappa shape index (κ1) is 31.6. The fraction of sp³-hybridized carbons (Fsp3) is 0.955. The van der Waals surface area contributed by atoms with E-state index in [1.807, 2.05) is 0 Å². The highest BCUT2D eigenvalue weighted by molar-refractivity contribution is 5.76. The molecular formula is C22H42FN7O10. The maximum atomic E-state index is 14.8. The van der Waals surface area contributed by atoms with Crippen LogP contribution in [-0.2, 0) is 23.7 Å². The van der Waals surface area contributed by atoms with Crippen LogP contribution in [0.1, 0.15) is 12.8 Å². The lowest BCUT2D eigenvalue weighted by Gasteiger charge is -2.51. The van der Waals surface area contributed by atoms with Crippen molar-refractivity contribution in [1.82, 2.24) is 5.32 Å². The van der Waals surface area contributed by atoms with Crippen molar-refractivity contribution in [2.75, 3.05) is 13.7 Å². The highest BCUT2D eigenvalue weighted by Crippen LogP contribution is 2.36. The molecule has 3 aliphatic heterocycles. The number of halogens is 1. The summed E-state index contributed by atoms with van der Waals surface area (Å²) in [4.78, 5) is 3.82. The molecule has 0 aromatic rings. The van der Waals surface area contributed by atoms with Crippen molar-refractivity contribution in [2.24, 2.45) is 33.7 Å². The topological polar surface area (TPSA) is 302 Å². The van der Waals surface area contributed by atoms with Crippen LogP contribution in [0.2, 0.25) is 0 Å². The van der Waals surface area contributed by atoms with Crippen LogP contribution in [0.15, 0.2) is 4.99 Å². The Morgan fingerprint density at radius 3 is 2.20 bits per heavy atom. The Hall–Kier alpha value is -1.36. The fourth-order valence-corrected chi connectivity index (χ4v) is 5.70. The van der Waals surface area contributed by atoms with Crippen LogP contribution in [-0.4, -0.2) is 149 Å². The van der Waals surface area contributed by atoms with Gasteiger partial charge in [-0.1, -0.05) is 0 Å². The van der Waals surface area contributed by atoms with Crippen LogP contribution in [0.5, 0.6) is 0 Å². The van der Waals surface area contributed by atoms with Crippen molar-refractivity contribution in [3.8, 4) is 0 Å². The lowest BCUT2D eigenvalue weighted by Crippen LogP contribution is -2.70. The summed E-state index contributed by atoms with van der Waals surface area (Å²) in [6, 6.07) is -4.60. The Balaban J connectivity index is 1.44. The first-order valence-corrected chi connectivity index (χ1v) is 13.1. The van der Waals surface area contributed by atoms with Crippen molar-refractivity contribution in [1.29, 1.82) is 0 Å². The lowest BCUT2D eigenvalue weighted by molar-refractivity contribution is -0.372. The number of hydrogen-bond donors (Lipinski definition) is 11. The number of alkyl halides is 1. The third kappa shape index (κ3) is 6.20. The number of aliphatic hydroxyl groups is 5. The van der Waals surface area contributed by atoms with Gasteiger partial charge in [0.15, 0.2) is 31.0 Å². The number of hydrogen-bond acceptors (Lipinski definition) is 15. The molecule has 3 heterocycles. The molecule has 40 heavy (non-hydrogen) atoms. The summed E-state index contributed by atoms with van der Waals surface area (Å²) in [5, 5.41) is 55.0. The summed E-state index contributed by atoms with van der Waals surface area (Å²) in [5.74, 6) is -0.374. The maximum Gasteiger partial charge on any atom is 0.189 e. The first-order chi connectivity index (χ1) is 18.9. The van der Waals surface area contributed by atoms with Gasteiger partial charge in [0, 0.05) is 12.1 Å². The third-order valence-electron chi connectivity index (χ3n) is 7.90. The molecule has 18 heteroatoms.